The van der Waals surface area contributed by atoms with Gasteiger partial charge in [0.25, 0.3) is 5.56 Å². The number of anilines is 1. The second-order valence-electron chi connectivity index (χ2n) is 4.11. The standard InChI is InChI=1S/C11H20N4O2/c1-8(2)15-5-4-13-10(11(15)16)14-9(6-12)7-17-3/h4-5,8-9H,6-7,12H2,1-3H3,(H,13,14). The van der Waals surface area contributed by atoms with Crippen molar-refractivity contribution in [3.05, 3.63) is 22.7 Å². The summed E-state index contributed by atoms with van der Waals surface area (Å²) >= 11 is 0. The predicted octanol–water partition coefficient (Wildman–Crippen LogP) is 0.210. The van der Waals surface area contributed by atoms with Gasteiger partial charge in [-0.1, -0.05) is 0 Å². The Morgan fingerprint density at radius 3 is 2.82 bits per heavy atom. The summed E-state index contributed by atoms with van der Waals surface area (Å²) in [4.78, 5) is 16.1. The Morgan fingerprint density at radius 1 is 1.59 bits per heavy atom. The lowest BCUT2D eigenvalue weighted by Crippen LogP contribution is -2.37. The molecule has 0 saturated heterocycles. The normalized spacial score (nSPS) is 12.8. The molecule has 0 aliphatic rings. The van der Waals surface area contributed by atoms with E-state index < -0.39 is 0 Å². The van der Waals surface area contributed by atoms with Crippen molar-refractivity contribution < 1.29 is 4.74 Å². The third kappa shape index (κ3) is 3.54. The number of nitrogens with zero attached hydrogens (tertiary/aromatic N) is 2. The van der Waals surface area contributed by atoms with Crippen LogP contribution < -0.4 is 16.6 Å². The van der Waals surface area contributed by atoms with Crippen molar-refractivity contribution in [3.63, 3.8) is 0 Å². The first-order valence-corrected chi connectivity index (χ1v) is 5.62. The van der Waals surface area contributed by atoms with E-state index in [0.717, 1.165) is 0 Å². The molecular weight excluding hydrogens is 220 g/mol. The van der Waals surface area contributed by atoms with Gasteiger partial charge in [-0.05, 0) is 13.8 Å². The minimum Gasteiger partial charge on any atom is -0.383 e. The van der Waals surface area contributed by atoms with Gasteiger partial charge in [0, 0.05) is 32.1 Å². The van der Waals surface area contributed by atoms with Gasteiger partial charge >= 0.3 is 0 Å². The van der Waals surface area contributed by atoms with Crippen molar-refractivity contribution in [2.24, 2.45) is 5.73 Å². The molecule has 1 aromatic heterocycles. The molecule has 6 nitrogen and oxygen atoms in total. The molecule has 0 amide bonds. The zero-order chi connectivity index (χ0) is 12.8. The maximum Gasteiger partial charge on any atom is 0.293 e. The van der Waals surface area contributed by atoms with E-state index in [1.54, 1.807) is 24.1 Å². The molecule has 17 heavy (non-hydrogen) atoms. The highest BCUT2D eigenvalue weighted by molar-refractivity contribution is 5.32. The SMILES string of the molecule is COCC(CN)Nc1nccn(C(C)C)c1=O. The Hall–Kier alpha value is -1.40. The summed E-state index contributed by atoms with van der Waals surface area (Å²) in [5.74, 6) is 0.314. The summed E-state index contributed by atoms with van der Waals surface area (Å²) < 4.78 is 6.63. The van der Waals surface area contributed by atoms with Crippen LogP contribution >= 0.6 is 0 Å². The lowest BCUT2D eigenvalue weighted by atomic mass is 10.3. The fourth-order valence-corrected chi connectivity index (χ4v) is 1.49. The van der Waals surface area contributed by atoms with Crippen LogP contribution in [0.3, 0.4) is 0 Å². The number of rotatable bonds is 6. The molecule has 0 radical (unpaired) electrons. The zero-order valence-corrected chi connectivity index (χ0v) is 10.5. The van der Waals surface area contributed by atoms with Crippen LogP contribution in [-0.4, -0.2) is 35.9 Å². The van der Waals surface area contributed by atoms with Gasteiger partial charge in [0.05, 0.1) is 12.6 Å². The van der Waals surface area contributed by atoms with Crippen LogP contribution in [0.15, 0.2) is 17.2 Å². The van der Waals surface area contributed by atoms with E-state index in [-0.39, 0.29) is 17.6 Å². The lowest BCUT2D eigenvalue weighted by Gasteiger charge is -2.17. The maximum absolute atomic E-state index is 12.0. The van der Waals surface area contributed by atoms with Crippen molar-refractivity contribution in [2.75, 3.05) is 25.6 Å². The number of hydrogen-bond donors (Lipinski definition) is 2. The molecule has 0 bridgehead atoms. The largest absolute Gasteiger partial charge is 0.383 e. The summed E-state index contributed by atoms with van der Waals surface area (Å²) in [5.41, 5.74) is 5.43. The van der Waals surface area contributed by atoms with Crippen molar-refractivity contribution in [2.45, 2.75) is 25.9 Å². The first-order chi connectivity index (χ1) is 8.10. The summed E-state index contributed by atoms with van der Waals surface area (Å²) in [6.45, 7) is 4.71. The van der Waals surface area contributed by atoms with Crippen LogP contribution in [0.5, 0.6) is 0 Å². The molecule has 1 rings (SSSR count). The van der Waals surface area contributed by atoms with E-state index in [1.165, 1.54) is 0 Å². The molecule has 0 aliphatic heterocycles. The number of nitrogens with one attached hydrogen (secondary N) is 1. The fraction of sp³-hybridized carbons (Fsp3) is 0.636. The second-order valence-corrected chi connectivity index (χ2v) is 4.11. The molecule has 0 fully saturated rings. The fourth-order valence-electron chi connectivity index (χ4n) is 1.49. The van der Waals surface area contributed by atoms with E-state index in [0.29, 0.717) is 19.0 Å². The molecule has 1 heterocycles. The molecule has 1 atom stereocenters. The molecule has 0 saturated carbocycles. The van der Waals surface area contributed by atoms with Crippen LogP contribution in [0.1, 0.15) is 19.9 Å². The van der Waals surface area contributed by atoms with Gasteiger partial charge in [-0.25, -0.2) is 4.98 Å². The van der Waals surface area contributed by atoms with Crippen LogP contribution in [0.25, 0.3) is 0 Å². The molecule has 0 aliphatic carbocycles. The molecule has 1 aromatic rings. The van der Waals surface area contributed by atoms with Gasteiger partial charge in [-0.15, -0.1) is 0 Å². The van der Waals surface area contributed by atoms with Gasteiger partial charge in [0.2, 0.25) is 0 Å². The third-order valence-corrected chi connectivity index (χ3v) is 2.42. The summed E-state index contributed by atoms with van der Waals surface area (Å²) in [6, 6.07) is -0.00647. The van der Waals surface area contributed by atoms with Gasteiger partial charge in [0.1, 0.15) is 0 Å². The number of hydrogen-bond acceptors (Lipinski definition) is 5. The van der Waals surface area contributed by atoms with Crippen molar-refractivity contribution >= 4 is 5.82 Å². The van der Waals surface area contributed by atoms with Gasteiger partial charge in [-0.3, -0.25) is 4.79 Å². The topological polar surface area (TPSA) is 82.2 Å². The molecular formula is C11H20N4O2. The Kier molecular flexibility index (Phi) is 5.11. The summed E-state index contributed by atoms with van der Waals surface area (Å²) in [5, 5.41) is 3.00. The summed E-state index contributed by atoms with van der Waals surface area (Å²) in [6.07, 6.45) is 3.27. The summed E-state index contributed by atoms with van der Waals surface area (Å²) in [7, 11) is 1.59. The minimum absolute atomic E-state index is 0.102. The second kappa shape index (κ2) is 6.36. The highest BCUT2D eigenvalue weighted by atomic mass is 16.5. The minimum atomic E-state index is -0.142. The predicted molar refractivity (Wildman–Crippen MR) is 67.2 cm³/mol. The Balaban J connectivity index is 2.91. The monoisotopic (exact) mass is 240 g/mol. The first-order valence-electron chi connectivity index (χ1n) is 5.62. The average Bonchev–Trinajstić information content (AvgIpc) is 2.30. The van der Waals surface area contributed by atoms with Crippen molar-refractivity contribution in [1.82, 2.24) is 9.55 Å². The third-order valence-electron chi connectivity index (χ3n) is 2.42. The van der Waals surface area contributed by atoms with Gasteiger partial charge in [0.15, 0.2) is 5.82 Å². The van der Waals surface area contributed by atoms with Gasteiger partial charge < -0.3 is 20.4 Å². The highest BCUT2D eigenvalue weighted by Crippen LogP contribution is 2.02. The Labute approximate surface area is 101 Å². The van der Waals surface area contributed by atoms with Crippen LogP contribution in [0.4, 0.5) is 5.82 Å². The molecule has 1 unspecified atom stereocenters. The Bertz CT molecular complexity index is 403. The Morgan fingerprint density at radius 2 is 2.29 bits per heavy atom. The molecule has 0 aromatic carbocycles. The number of methoxy groups -OCH3 is 1. The smallest absolute Gasteiger partial charge is 0.293 e. The number of ether oxygens (including phenoxy) is 1. The van der Waals surface area contributed by atoms with E-state index in [2.05, 4.69) is 10.3 Å². The lowest BCUT2D eigenvalue weighted by molar-refractivity contribution is 0.187. The van der Waals surface area contributed by atoms with Crippen LogP contribution in [-0.2, 0) is 4.74 Å². The quantitative estimate of drug-likeness (QED) is 0.742. The van der Waals surface area contributed by atoms with E-state index in [4.69, 9.17) is 10.5 Å². The average molecular weight is 240 g/mol. The van der Waals surface area contributed by atoms with Gasteiger partial charge in [-0.2, -0.15) is 0 Å². The zero-order valence-electron chi connectivity index (χ0n) is 10.5. The van der Waals surface area contributed by atoms with Crippen molar-refractivity contribution in [1.29, 1.82) is 0 Å². The number of nitrogens with two attached hydrogens (primary N) is 1. The molecule has 96 valence electrons. The molecule has 6 heteroatoms. The van der Waals surface area contributed by atoms with Crippen LogP contribution in [0, 0.1) is 0 Å². The van der Waals surface area contributed by atoms with E-state index in [9.17, 15) is 4.79 Å². The van der Waals surface area contributed by atoms with Crippen molar-refractivity contribution in [3.8, 4) is 0 Å². The maximum atomic E-state index is 12.0. The molecule has 0 spiro atoms. The van der Waals surface area contributed by atoms with E-state index >= 15 is 0 Å². The highest BCUT2D eigenvalue weighted by Gasteiger charge is 2.11. The number of aromatic nitrogens is 2. The van der Waals surface area contributed by atoms with E-state index in [1.807, 2.05) is 13.8 Å². The van der Waals surface area contributed by atoms with Crippen LogP contribution in [0.2, 0.25) is 0 Å². The first kappa shape index (κ1) is 13.7. The molecule has 3 N–H and O–H groups in total.